The molecule has 0 bridgehead atoms. The second-order valence-electron chi connectivity index (χ2n) is 12.5. The molecule has 4 aliphatic carbocycles. The lowest BCUT2D eigenvalue weighted by molar-refractivity contribution is -0.147. The smallest absolute Gasteiger partial charge is 0.314 e. The van der Waals surface area contributed by atoms with Crippen molar-refractivity contribution in [1.82, 2.24) is 0 Å². The van der Waals surface area contributed by atoms with Crippen molar-refractivity contribution in [3.8, 4) is 0 Å². The molecule has 0 spiro atoms. The molecule has 0 aromatic heterocycles. The number of aliphatic carboxylic acids is 1. The Labute approximate surface area is 190 Å². The summed E-state index contributed by atoms with van der Waals surface area (Å²) in [6.07, 6.45) is 15.6. The van der Waals surface area contributed by atoms with Gasteiger partial charge in [0.05, 0.1) is 0 Å². The summed E-state index contributed by atoms with van der Waals surface area (Å²) in [5, 5.41) is 9.73. The molecule has 0 aromatic rings. The van der Waals surface area contributed by atoms with Gasteiger partial charge in [0, 0.05) is 6.42 Å². The van der Waals surface area contributed by atoms with Crippen LogP contribution in [-0.2, 0) is 9.59 Å². The molecule has 4 rings (SSSR count). The fraction of sp³-hybridized carbons (Fsp3) is 0.929. The van der Waals surface area contributed by atoms with Gasteiger partial charge in [-0.3, -0.25) is 9.59 Å². The van der Waals surface area contributed by atoms with Crippen LogP contribution in [0.3, 0.4) is 0 Å². The molecule has 0 aliphatic heterocycles. The van der Waals surface area contributed by atoms with Crippen molar-refractivity contribution < 1.29 is 14.7 Å². The van der Waals surface area contributed by atoms with Gasteiger partial charge >= 0.3 is 5.97 Å². The van der Waals surface area contributed by atoms with E-state index in [0.717, 1.165) is 30.1 Å². The Bertz CT molecular complexity index is 686. The maximum Gasteiger partial charge on any atom is 0.314 e. The first-order valence-electron chi connectivity index (χ1n) is 13.5. The van der Waals surface area contributed by atoms with Crippen LogP contribution in [0.4, 0.5) is 0 Å². The van der Waals surface area contributed by atoms with E-state index in [1.165, 1.54) is 64.2 Å². The fourth-order valence-electron chi connectivity index (χ4n) is 9.60. The maximum atomic E-state index is 12.5. The second kappa shape index (κ2) is 8.82. The molecule has 4 saturated carbocycles. The van der Waals surface area contributed by atoms with E-state index in [1.54, 1.807) is 0 Å². The van der Waals surface area contributed by atoms with Gasteiger partial charge in [0.2, 0.25) is 0 Å². The molecule has 4 aliphatic rings. The van der Waals surface area contributed by atoms with Crippen molar-refractivity contribution in [2.75, 3.05) is 0 Å². The summed E-state index contributed by atoms with van der Waals surface area (Å²) < 4.78 is 0. The summed E-state index contributed by atoms with van der Waals surface area (Å²) in [7, 11) is 0. The van der Waals surface area contributed by atoms with Crippen LogP contribution in [0.2, 0.25) is 0 Å². The lowest BCUT2D eigenvalue weighted by atomic mass is 9.44. The molecule has 0 radical (unpaired) electrons. The van der Waals surface area contributed by atoms with Gasteiger partial charge in [-0.1, -0.05) is 40.5 Å². The van der Waals surface area contributed by atoms with Crippen LogP contribution in [0.5, 0.6) is 0 Å². The van der Waals surface area contributed by atoms with E-state index < -0.39 is 11.9 Å². The van der Waals surface area contributed by atoms with E-state index in [-0.39, 0.29) is 5.78 Å². The van der Waals surface area contributed by atoms with Crippen LogP contribution in [0.15, 0.2) is 0 Å². The van der Waals surface area contributed by atoms with Crippen molar-refractivity contribution in [1.29, 1.82) is 0 Å². The first-order valence-corrected chi connectivity index (χ1v) is 13.5. The average molecular weight is 431 g/mol. The summed E-state index contributed by atoms with van der Waals surface area (Å²) in [6.45, 7) is 9.39. The lowest BCUT2D eigenvalue weighted by Crippen LogP contribution is -2.53. The Morgan fingerprint density at radius 2 is 1.68 bits per heavy atom. The molecule has 176 valence electrons. The van der Waals surface area contributed by atoms with Crippen molar-refractivity contribution in [2.24, 2.45) is 52.3 Å². The highest BCUT2D eigenvalue weighted by molar-refractivity contribution is 5.98. The van der Waals surface area contributed by atoms with Crippen LogP contribution < -0.4 is 0 Å². The van der Waals surface area contributed by atoms with Crippen molar-refractivity contribution in [3.05, 3.63) is 0 Å². The van der Waals surface area contributed by atoms with E-state index in [2.05, 4.69) is 20.8 Å². The Morgan fingerprint density at radius 1 is 0.935 bits per heavy atom. The summed E-state index contributed by atoms with van der Waals surface area (Å²) in [4.78, 5) is 24.3. The van der Waals surface area contributed by atoms with Gasteiger partial charge in [-0.05, 0) is 111 Å². The Kier molecular flexibility index (Phi) is 6.63. The minimum Gasteiger partial charge on any atom is -0.481 e. The number of hydrogen-bond acceptors (Lipinski definition) is 2. The summed E-state index contributed by atoms with van der Waals surface area (Å²) in [6, 6.07) is 0. The number of carbonyl (C=O) groups excluding carboxylic acids is 1. The van der Waals surface area contributed by atoms with Crippen molar-refractivity contribution in [2.45, 2.75) is 111 Å². The molecule has 3 heteroatoms. The van der Waals surface area contributed by atoms with Crippen LogP contribution in [0, 0.1) is 52.3 Å². The van der Waals surface area contributed by atoms with E-state index >= 15 is 0 Å². The summed E-state index contributed by atoms with van der Waals surface area (Å²) in [5.41, 5.74) is 0.919. The van der Waals surface area contributed by atoms with Crippen molar-refractivity contribution in [3.63, 3.8) is 0 Å². The number of hydrogen-bond donors (Lipinski definition) is 1. The van der Waals surface area contributed by atoms with Crippen LogP contribution >= 0.6 is 0 Å². The fourth-order valence-corrected chi connectivity index (χ4v) is 9.60. The minimum absolute atomic E-state index is 0.0613. The third kappa shape index (κ3) is 3.90. The Hall–Kier alpha value is -0.860. The highest BCUT2D eigenvalue weighted by Gasteiger charge is 2.60. The van der Waals surface area contributed by atoms with Gasteiger partial charge in [0.25, 0.3) is 0 Å². The molecule has 4 fully saturated rings. The summed E-state index contributed by atoms with van der Waals surface area (Å²) >= 11 is 0. The van der Waals surface area contributed by atoms with Gasteiger partial charge in [-0.15, -0.1) is 0 Å². The van der Waals surface area contributed by atoms with Gasteiger partial charge < -0.3 is 5.11 Å². The SMILES string of the molecule is CCCC(=O)C(C[C@@H](C)[C@H]1CC[C@H]2[C@@H]3CCC4CCCC[C@]4(C)[C@H]3CC[C@]12C)C(=O)O. The topological polar surface area (TPSA) is 54.4 Å². The lowest BCUT2D eigenvalue weighted by Gasteiger charge is -2.61. The molecule has 0 heterocycles. The first kappa shape index (κ1) is 23.3. The minimum atomic E-state index is -0.905. The first-order chi connectivity index (χ1) is 14.7. The zero-order chi connectivity index (χ0) is 22.4. The number of carboxylic acids is 1. The predicted octanol–water partition coefficient (Wildman–Crippen LogP) is 7.13. The molecular formula is C28H46O3. The van der Waals surface area contributed by atoms with Gasteiger partial charge in [0.1, 0.15) is 11.7 Å². The normalized spacial score (nSPS) is 43.9. The van der Waals surface area contributed by atoms with Crippen LogP contribution in [-0.4, -0.2) is 16.9 Å². The molecular weight excluding hydrogens is 384 g/mol. The third-order valence-corrected chi connectivity index (χ3v) is 11.1. The van der Waals surface area contributed by atoms with Gasteiger partial charge in [0.15, 0.2) is 0 Å². The Morgan fingerprint density at radius 3 is 2.39 bits per heavy atom. The quantitative estimate of drug-likeness (QED) is 0.437. The number of Topliss-reactive ketones (excluding diaryl/α,β-unsaturated/α-hetero) is 1. The number of rotatable bonds is 7. The third-order valence-electron chi connectivity index (χ3n) is 11.1. The van der Waals surface area contributed by atoms with Crippen LogP contribution in [0.1, 0.15) is 111 Å². The molecule has 2 unspecified atom stereocenters. The zero-order valence-corrected chi connectivity index (χ0v) is 20.5. The average Bonchev–Trinajstić information content (AvgIpc) is 3.08. The Balaban J connectivity index is 1.49. The monoisotopic (exact) mass is 430 g/mol. The molecule has 31 heavy (non-hydrogen) atoms. The second-order valence-corrected chi connectivity index (χ2v) is 12.5. The number of fused-ring (bicyclic) bond motifs is 5. The van der Waals surface area contributed by atoms with Gasteiger partial charge in [-0.25, -0.2) is 0 Å². The highest BCUT2D eigenvalue weighted by atomic mass is 16.4. The number of ketones is 1. The number of carboxylic acid groups (broad SMARTS) is 1. The zero-order valence-electron chi connectivity index (χ0n) is 20.5. The maximum absolute atomic E-state index is 12.5. The van der Waals surface area contributed by atoms with E-state index in [9.17, 15) is 14.7 Å². The number of carbonyl (C=O) groups is 2. The van der Waals surface area contributed by atoms with E-state index in [1.807, 2.05) is 6.92 Å². The van der Waals surface area contributed by atoms with E-state index in [0.29, 0.717) is 35.5 Å². The molecule has 0 saturated heterocycles. The molecule has 0 aromatic carbocycles. The van der Waals surface area contributed by atoms with Gasteiger partial charge in [-0.2, -0.15) is 0 Å². The molecule has 9 atom stereocenters. The predicted molar refractivity (Wildman–Crippen MR) is 125 cm³/mol. The van der Waals surface area contributed by atoms with Crippen LogP contribution in [0.25, 0.3) is 0 Å². The van der Waals surface area contributed by atoms with Crippen molar-refractivity contribution >= 4 is 11.8 Å². The molecule has 0 amide bonds. The molecule has 3 nitrogen and oxygen atoms in total. The largest absolute Gasteiger partial charge is 0.481 e. The standard InChI is InChI=1S/C28H46O3/c1-5-8-25(29)21(26(30)31)17-18(2)22-12-13-23-20-11-10-19-9-6-7-15-27(19,3)24(20)14-16-28(22,23)4/h18-24H,5-17H2,1-4H3,(H,30,31)/t18-,19?,20+,21?,22-,23+,24+,27+,28-/m1/s1. The molecule has 1 N–H and O–H groups in total. The van der Waals surface area contributed by atoms with E-state index in [4.69, 9.17) is 0 Å². The highest BCUT2D eigenvalue weighted by Crippen LogP contribution is 2.68. The summed E-state index contributed by atoms with van der Waals surface area (Å²) in [5.74, 6) is 2.69.